The number of nitrogens with one attached hydrogen (secondary N) is 1. The van der Waals surface area contributed by atoms with Gasteiger partial charge in [0.25, 0.3) is 0 Å². The molecule has 0 saturated heterocycles. The Morgan fingerprint density at radius 3 is 2.61 bits per heavy atom. The van der Waals surface area contributed by atoms with Crippen LogP contribution in [0.15, 0.2) is 24.3 Å². The van der Waals surface area contributed by atoms with E-state index in [0.29, 0.717) is 4.75 Å². The highest BCUT2D eigenvalue weighted by atomic mass is 32.2. The molecule has 100 valence electrons. The highest BCUT2D eigenvalue weighted by Gasteiger charge is 2.27. The van der Waals surface area contributed by atoms with E-state index in [1.165, 1.54) is 19.3 Å². The predicted octanol–water partition coefficient (Wildman–Crippen LogP) is 3.84. The van der Waals surface area contributed by atoms with Gasteiger partial charge in [-0.25, -0.2) is 0 Å². The zero-order valence-corrected chi connectivity index (χ0v) is 12.6. The van der Waals surface area contributed by atoms with Gasteiger partial charge in [0.2, 0.25) is 0 Å². The Balaban J connectivity index is 1.81. The lowest BCUT2D eigenvalue weighted by Gasteiger charge is -2.34. The molecule has 0 radical (unpaired) electrons. The van der Waals surface area contributed by atoms with E-state index in [1.807, 2.05) is 11.8 Å². The van der Waals surface area contributed by atoms with Crippen LogP contribution in [0.25, 0.3) is 0 Å². The molecule has 0 spiro atoms. The summed E-state index contributed by atoms with van der Waals surface area (Å²) in [6.45, 7) is 6.89. The van der Waals surface area contributed by atoms with E-state index in [2.05, 4.69) is 49.7 Å². The van der Waals surface area contributed by atoms with Crippen molar-refractivity contribution in [3.8, 4) is 0 Å². The third-order valence-electron chi connectivity index (χ3n) is 4.52. The molecule has 0 heterocycles. The minimum Gasteiger partial charge on any atom is -0.315 e. The summed E-state index contributed by atoms with van der Waals surface area (Å²) in [7, 11) is 0. The van der Waals surface area contributed by atoms with Crippen molar-refractivity contribution in [3.05, 3.63) is 35.4 Å². The molecule has 1 unspecified atom stereocenters. The fourth-order valence-corrected chi connectivity index (χ4v) is 3.70. The molecule has 0 bridgehead atoms. The highest BCUT2D eigenvalue weighted by molar-refractivity contribution is 8.00. The molecule has 1 atom stereocenters. The van der Waals surface area contributed by atoms with Crippen LogP contribution < -0.4 is 5.32 Å². The highest BCUT2D eigenvalue weighted by Crippen LogP contribution is 2.34. The molecule has 1 nitrogen and oxygen atoms in total. The van der Waals surface area contributed by atoms with E-state index in [9.17, 15) is 0 Å². The molecule has 0 fully saturated rings. The maximum atomic E-state index is 3.70. The van der Waals surface area contributed by atoms with Crippen molar-refractivity contribution in [2.45, 2.75) is 43.8 Å². The Morgan fingerprint density at radius 2 is 2.00 bits per heavy atom. The van der Waals surface area contributed by atoms with Gasteiger partial charge in [0, 0.05) is 23.8 Å². The van der Waals surface area contributed by atoms with Crippen LogP contribution in [0.5, 0.6) is 0 Å². The average Bonchev–Trinajstić information content (AvgIpc) is 2.40. The van der Waals surface area contributed by atoms with E-state index in [0.717, 1.165) is 19.0 Å². The van der Waals surface area contributed by atoms with Crippen LogP contribution in [-0.2, 0) is 6.42 Å². The van der Waals surface area contributed by atoms with Gasteiger partial charge >= 0.3 is 0 Å². The number of hydrogen-bond donors (Lipinski definition) is 1. The maximum Gasteiger partial charge on any atom is 0.0276 e. The summed E-state index contributed by atoms with van der Waals surface area (Å²) in [5.74, 6) is 0.745. The van der Waals surface area contributed by atoms with Gasteiger partial charge < -0.3 is 5.32 Å². The summed E-state index contributed by atoms with van der Waals surface area (Å²) in [5, 5.41) is 3.70. The maximum absolute atomic E-state index is 3.70. The molecule has 0 aliphatic heterocycles. The zero-order chi connectivity index (χ0) is 13.0. The molecule has 0 aromatic heterocycles. The first-order valence-electron chi connectivity index (χ1n) is 7.08. The van der Waals surface area contributed by atoms with Gasteiger partial charge in [-0.1, -0.05) is 38.1 Å². The molecule has 0 saturated carbocycles. The molecule has 2 rings (SSSR count). The van der Waals surface area contributed by atoms with Crippen LogP contribution in [-0.4, -0.2) is 24.1 Å². The van der Waals surface area contributed by atoms with E-state index in [1.54, 1.807) is 11.1 Å². The second kappa shape index (κ2) is 6.12. The largest absolute Gasteiger partial charge is 0.315 e. The van der Waals surface area contributed by atoms with Gasteiger partial charge in [0.1, 0.15) is 0 Å². The Kier molecular flexibility index (Phi) is 4.74. The summed E-state index contributed by atoms with van der Waals surface area (Å²) in [5.41, 5.74) is 3.11. The van der Waals surface area contributed by atoms with Crippen molar-refractivity contribution in [3.63, 3.8) is 0 Å². The van der Waals surface area contributed by atoms with Gasteiger partial charge in [0.15, 0.2) is 0 Å². The van der Waals surface area contributed by atoms with Crippen molar-refractivity contribution in [1.82, 2.24) is 5.32 Å². The van der Waals surface area contributed by atoms with E-state index < -0.39 is 0 Å². The number of thioether (sulfide) groups is 1. The molecule has 1 aliphatic rings. The Labute approximate surface area is 116 Å². The number of rotatable bonds is 7. The first kappa shape index (κ1) is 14.0. The lowest BCUT2D eigenvalue weighted by Crippen LogP contribution is -2.39. The van der Waals surface area contributed by atoms with Crippen molar-refractivity contribution in [2.24, 2.45) is 0 Å². The molecule has 0 amide bonds. The molecular formula is C16H25NS. The van der Waals surface area contributed by atoms with Gasteiger partial charge in [-0.05, 0) is 36.6 Å². The number of hydrogen-bond acceptors (Lipinski definition) is 2. The minimum absolute atomic E-state index is 0.434. The quantitative estimate of drug-likeness (QED) is 0.802. The summed E-state index contributed by atoms with van der Waals surface area (Å²) >= 11 is 2.02. The van der Waals surface area contributed by atoms with E-state index in [4.69, 9.17) is 0 Å². The first-order chi connectivity index (χ1) is 8.74. The van der Waals surface area contributed by atoms with Crippen molar-refractivity contribution in [1.29, 1.82) is 0 Å². The third kappa shape index (κ3) is 2.75. The van der Waals surface area contributed by atoms with Crippen molar-refractivity contribution < 1.29 is 0 Å². The van der Waals surface area contributed by atoms with Crippen LogP contribution in [0.2, 0.25) is 0 Å². The van der Waals surface area contributed by atoms with Gasteiger partial charge in [-0.3, -0.25) is 0 Å². The van der Waals surface area contributed by atoms with Gasteiger partial charge in [-0.15, -0.1) is 0 Å². The standard InChI is InChI=1S/C16H25NS/c1-4-16(5-2,18-3)12-17-11-14-10-13-8-6-7-9-15(13)14/h6-9,14,17H,4-5,10-12H2,1-3H3. The fraction of sp³-hybridized carbons (Fsp3) is 0.625. The molecule has 1 aromatic carbocycles. The second-order valence-electron chi connectivity index (χ2n) is 5.33. The van der Waals surface area contributed by atoms with Gasteiger partial charge in [-0.2, -0.15) is 11.8 Å². The van der Waals surface area contributed by atoms with Crippen LogP contribution in [0, 0.1) is 0 Å². The fourth-order valence-electron chi connectivity index (χ4n) is 2.88. The number of benzene rings is 1. The summed E-state index contributed by atoms with van der Waals surface area (Å²) in [6.07, 6.45) is 6.00. The summed E-state index contributed by atoms with van der Waals surface area (Å²) in [6, 6.07) is 8.85. The first-order valence-corrected chi connectivity index (χ1v) is 8.31. The summed E-state index contributed by atoms with van der Waals surface area (Å²) in [4.78, 5) is 0. The third-order valence-corrected chi connectivity index (χ3v) is 6.11. The Bertz CT molecular complexity index is 376. The molecule has 2 heteroatoms. The van der Waals surface area contributed by atoms with Crippen molar-refractivity contribution in [2.75, 3.05) is 19.3 Å². The SMILES string of the molecule is CCC(CC)(CNCC1Cc2ccccc21)SC. The van der Waals surface area contributed by atoms with Gasteiger partial charge in [0.05, 0.1) is 0 Å². The van der Waals surface area contributed by atoms with Crippen LogP contribution in [0.3, 0.4) is 0 Å². The molecular weight excluding hydrogens is 238 g/mol. The topological polar surface area (TPSA) is 12.0 Å². The van der Waals surface area contributed by atoms with E-state index in [-0.39, 0.29) is 0 Å². The molecule has 1 aromatic rings. The lowest BCUT2D eigenvalue weighted by molar-refractivity contribution is 0.462. The molecule has 1 aliphatic carbocycles. The Hall–Kier alpha value is -0.470. The lowest BCUT2D eigenvalue weighted by atomic mass is 9.77. The van der Waals surface area contributed by atoms with Crippen LogP contribution in [0.1, 0.15) is 43.7 Å². The monoisotopic (exact) mass is 263 g/mol. The number of fused-ring (bicyclic) bond motifs is 1. The summed E-state index contributed by atoms with van der Waals surface area (Å²) < 4.78 is 0.434. The molecule has 1 N–H and O–H groups in total. The van der Waals surface area contributed by atoms with Crippen LogP contribution in [0.4, 0.5) is 0 Å². The Morgan fingerprint density at radius 1 is 1.28 bits per heavy atom. The normalized spacial score (nSPS) is 18.3. The van der Waals surface area contributed by atoms with Crippen LogP contribution >= 0.6 is 11.8 Å². The smallest absolute Gasteiger partial charge is 0.0276 e. The zero-order valence-electron chi connectivity index (χ0n) is 11.8. The predicted molar refractivity (Wildman–Crippen MR) is 82.6 cm³/mol. The second-order valence-corrected chi connectivity index (χ2v) is 6.60. The van der Waals surface area contributed by atoms with E-state index >= 15 is 0 Å². The average molecular weight is 263 g/mol. The van der Waals surface area contributed by atoms with Crippen molar-refractivity contribution >= 4 is 11.8 Å². The minimum atomic E-state index is 0.434. The molecule has 18 heavy (non-hydrogen) atoms.